The van der Waals surface area contributed by atoms with Crippen molar-refractivity contribution in [3.8, 4) is 0 Å². The van der Waals surface area contributed by atoms with E-state index in [1.165, 1.54) is 0 Å². The van der Waals surface area contributed by atoms with Crippen molar-refractivity contribution in [3.05, 3.63) is 0 Å². The number of rotatable bonds is 3. The van der Waals surface area contributed by atoms with E-state index in [1.54, 1.807) is 0 Å². The predicted octanol–water partition coefficient (Wildman–Crippen LogP) is 0.568. The molecule has 3 rings (SSSR count). The minimum atomic E-state index is -0.224. The Hall–Kier alpha value is -1.14. The van der Waals surface area contributed by atoms with Gasteiger partial charge in [0, 0.05) is 45.9 Å². The average molecular weight is 323 g/mol. The van der Waals surface area contributed by atoms with Gasteiger partial charge < -0.3 is 14.5 Å². The molecule has 0 aliphatic carbocycles. The first kappa shape index (κ1) is 16.7. The summed E-state index contributed by atoms with van der Waals surface area (Å²) in [5.74, 6) is 1.13. The summed E-state index contributed by atoms with van der Waals surface area (Å²) in [4.78, 5) is 30.8. The zero-order valence-electron chi connectivity index (χ0n) is 14.2. The molecule has 6 nitrogen and oxygen atoms in total. The molecule has 0 N–H and O–H groups in total. The van der Waals surface area contributed by atoms with Crippen LogP contribution in [0.5, 0.6) is 0 Å². The highest BCUT2D eigenvalue weighted by Gasteiger charge is 2.31. The quantitative estimate of drug-likeness (QED) is 0.762. The molecule has 1 unspecified atom stereocenters. The summed E-state index contributed by atoms with van der Waals surface area (Å²) in [6, 6.07) is 0. The van der Waals surface area contributed by atoms with Gasteiger partial charge in [0.25, 0.3) is 5.91 Å². The van der Waals surface area contributed by atoms with Gasteiger partial charge in [0.05, 0.1) is 6.54 Å². The number of nitrogens with zero attached hydrogens (tertiary/aromatic N) is 3. The normalized spacial score (nSPS) is 27.4. The molecule has 0 aromatic rings. The van der Waals surface area contributed by atoms with E-state index < -0.39 is 0 Å². The Morgan fingerprint density at radius 3 is 2.26 bits per heavy atom. The summed E-state index contributed by atoms with van der Waals surface area (Å²) in [5.41, 5.74) is 0. The van der Waals surface area contributed by atoms with Crippen LogP contribution in [0.15, 0.2) is 0 Å². The maximum Gasteiger partial charge on any atom is 0.251 e. The molecule has 1 atom stereocenters. The zero-order chi connectivity index (χ0) is 16.2. The average Bonchev–Trinajstić information content (AvgIpc) is 3.10. The molecule has 23 heavy (non-hydrogen) atoms. The molecule has 6 heteroatoms. The molecule has 3 saturated heterocycles. The van der Waals surface area contributed by atoms with E-state index in [2.05, 4.69) is 11.8 Å². The highest BCUT2D eigenvalue weighted by Crippen LogP contribution is 2.17. The number of carbonyl (C=O) groups excluding carboxylic acids is 2. The second-order valence-corrected chi connectivity index (χ2v) is 7.17. The second-order valence-electron chi connectivity index (χ2n) is 7.17. The second kappa shape index (κ2) is 7.62. The molecule has 3 fully saturated rings. The highest BCUT2D eigenvalue weighted by molar-refractivity contribution is 5.81. The Bertz CT molecular complexity index is 421. The largest absolute Gasteiger partial charge is 0.368 e. The fourth-order valence-corrected chi connectivity index (χ4v) is 3.65. The number of ether oxygens (including phenoxy) is 1. The maximum absolute atomic E-state index is 12.4. The van der Waals surface area contributed by atoms with E-state index in [-0.39, 0.29) is 17.9 Å². The van der Waals surface area contributed by atoms with Gasteiger partial charge in [-0.25, -0.2) is 0 Å². The van der Waals surface area contributed by atoms with Gasteiger partial charge in [-0.05, 0) is 31.6 Å². The SMILES string of the molecule is CC1CCN(C(=O)CN2CCN(C(=O)C3CCCO3)CC2)CC1. The lowest BCUT2D eigenvalue weighted by atomic mass is 9.99. The molecule has 0 saturated carbocycles. The molecular formula is C17H29N3O3. The van der Waals surface area contributed by atoms with Gasteiger partial charge >= 0.3 is 0 Å². The molecular weight excluding hydrogens is 294 g/mol. The van der Waals surface area contributed by atoms with Gasteiger partial charge in [-0.15, -0.1) is 0 Å². The molecule has 0 aromatic carbocycles. The van der Waals surface area contributed by atoms with E-state index in [0.29, 0.717) is 26.2 Å². The summed E-state index contributed by atoms with van der Waals surface area (Å²) in [6.07, 6.45) is 3.85. The molecule has 3 aliphatic rings. The van der Waals surface area contributed by atoms with Gasteiger partial charge in [-0.3, -0.25) is 14.5 Å². The lowest BCUT2D eigenvalue weighted by Crippen LogP contribution is -2.53. The van der Waals surface area contributed by atoms with Crippen molar-refractivity contribution in [1.29, 1.82) is 0 Å². The van der Waals surface area contributed by atoms with Crippen molar-refractivity contribution in [2.75, 3.05) is 52.4 Å². The third kappa shape index (κ3) is 4.23. The third-order valence-corrected chi connectivity index (χ3v) is 5.38. The van der Waals surface area contributed by atoms with E-state index in [9.17, 15) is 9.59 Å². The summed E-state index contributed by atoms with van der Waals surface area (Å²) in [6.45, 7) is 8.26. The smallest absolute Gasteiger partial charge is 0.251 e. The third-order valence-electron chi connectivity index (χ3n) is 5.38. The van der Waals surface area contributed by atoms with Crippen LogP contribution in [0.3, 0.4) is 0 Å². The number of carbonyl (C=O) groups is 2. The standard InChI is InChI=1S/C17H29N3O3/c1-14-4-6-19(7-5-14)16(21)13-18-8-10-20(11-9-18)17(22)15-3-2-12-23-15/h14-15H,2-13H2,1H3. The van der Waals surface area contributed by atoms with E-state index >= 15 is 0 Å². The maximum atomic E-state index is 12.4. The summed E-state index contributed by atoms with van der Waals surface area (Å²) in [7, 11) is 0. The van der Waals surface area contributed by atoms with Crippen molar-refractivity contribution in [3.63, 3.8) is 0 Å². The van der Waals surface area contributed by atoms with Crippen LogP contribution in [0.4, 0.5) is 0 Å². The summed E-state index contributed by atoms with van der Waals surface area (Å²) in [5, 5.41) is 0. The van der Waals surface area contributed by atoms with Gasteiger partial charge in [-0.1, -0.05) is 6.92 Å². The molecule has 2 amide bonds. The van der Waals surface area contributed by atoms with E-state index in [0.717, 1.165) is 57.8 Å². The molecule has 0 aromatic heterocycles. The number of piperazine rings is 1. The van der Waals surface area contributed by atoms with Crippen molar-refractivity contribution in [2.45, 2.75) is 38.7 Å². The van der Waals surface area contributed by atoms with Crippen LogP contribution < -0.4 is 0 Å². The lowest BCUT2D eigenvalue weighted by molar-refractivity contribution is -0.143. The van der Waals surface area contributed by atoms with E-state index in [1.807, 2.05) is 9.80 Å². The number of hydrogen-bond donors (Lipinski definition) is 0. The van der Waals surface area contributed by atoms with Crippen LogP contribution >= 0.6 is 0 Å². The number of amides is 2. The van der Waals surface area contributed by atoms with Gasteiger partial charge in [0.1, 0.15) is 6.10 Å². The fraction of sp³-hybridized carbons (Fsp3) is 0.882. The first-order valence-electron chi connectivity index (χ1n) is 9.04. The monoisotopic (exact) mass is 323 g/mol. The highest BCUT2D eigenvalue weighted by atomic mass is 16.5. The molecule has 0 radical (unpaired) electrons. The van der Waals surface area contributed by atoms with Crippen LogP contribution in [0.2, 0.25) is 0 Å². The fourth-order valence-electron chi connectivity index (χ4n) is 3.65. The lowest BCUT2D eigenvalue weighted by Gasteiger charge is -2.37. The van der Waals surface area contributed by atoms with Crippen molar-refractivity contribution < 1.29 is 14.3 Å². The van der Waals surface area contributed by atoms with Crippen LogP contribution in [-0.4, -0.2) is 85.0 Å². The van der Waals surface area contributed by atoms with Gasteiger partial charge in [0.2, 0.25) is 5.91 Å². The Morgan fingerprint density at radius 2 is 1.65 bits per heavy atom. The first-order chi connectivity index (χ1) is 11.1. The van der Waals surface area contributed by atoms with Gasteiger partial charge in [0.15, 0.2) is 0 Å². The van der Waals surface area contributed by atoms with E-state index in [4.69, 9.17) is 4.74 Å². The molecule has 130 valence electrons. The minimum Gasteiger partial charge on any atom is -0.368 e. The Labute approximate surface area is 138 Å². The summed E-state index contributed by atoms with van der Waals surface area (Å²) < 4.78 is 5.48. The van der Waals surface area contributed by atoms with Gasteiger partial charge in [-0.2, -0.15) is 0 Å². The topological polar surface area (TPSA) is 53.1 Å². The number of piperidine rings is 1. The molecule has 0 spiro atoms. The van der Waals surface area contributed by atoms with Crippen molar-refractivity contribution in [2.24, 2.45) is 5.92 Å². The Balaban J connectivity index is 1.40. The van der Waals surface area contributed by atoms with Crippen LogP contribution in [0, 0.1) is 5.92 Å². The Kier molecular flexibility index (Phi) is 5.54. The molecule has 3 heterocycles. The Morgan fingerprint density at radius 1 is 0.957 bits per heavy atom. The minimum absolute atomic E-state index is 0.137. The van der Waals surface area contributed by atoms with Crippen LogP contribution in [0.1, 0.15) is 32.6 Å². The summed E-state index contributed by atoms with van der Waals surface area (Å²) >= 11 is 0. The zero-order valence-corrected chi connectivity index (χ0v) is 14.2. The number of hydrogen-bond acceptors (Lipinski definition) is 4. The molecule has 0 bridgehead atoms. The molecule has 3 aliphatic heterocycles. The first-order valence-corrected chi connectivity index (χ1v) is 9.04. The van der Waals surface area contributed by atoms with Crippen molar-refractivity contribution >= 4 is 11.8 Å². The van der Waals surface area contributed by atoms with Crippen molar-refractivity contribution in [1.82, 2.24) is 14.7 Å². The number of likely N-dealkylation sites (tertiary alicyclic amines) is 1. The van der Waals surface area contributed by atoms with Crippen LogP contribution in [0.25, 0.3) is 0 Å². The van der Waals surface area contributed by atoms with Crippen LogP contribution in [-0.2, 0) is 14.3 Å². The predicted molar refractivity (Wildman–Crippen MR) is 87.0 cm³/mol.